The van der Waals surface area contributed by atoms with Gasteiger partial charge in [-0.25, -0.2) is 8.78 Å². The summed E-state index contributed by atoms with van der Waals surface area (Å²) in [4.78, 5) is 11.6. The molecule has 0 N–H and O–H groups in total. The highest BCUT2D eigenvalue weighted by molar-refractivity contribution is 5.96. The number of hydrogen-bond donors (Lipinski definition) is 0. The first kappa shape index (κ1) is 11.2. The van der Waals surface area contributed by atoms with E-state index in [1.54, 1.807) is 0 Å². The monoisotopic (exact) mass is 228 g/mol. The van der Waals surface area contributed by atoms with E-state index in [1.807, 2.05) is 0 Å². The van der Waals surface area contributed by atoms with Gasteiger partial charge < -0.3 is 9.47 Å². The Balaban J connectivity index is 2.07. The number of ether oxygens (including phenoxy) is 2. The molecule has 0 radical (unpaired) electrons. The fourth-order valence-electron chi connectivity index (χ4n) is 1.51. The normalized spacial score (nSPS) is 16.6. The van der Waals surface area contributed by atoms with Crippen molar-refractivity contribution in [3.8, 4) is 0 Å². The van der Waals surface area contributed by atoms with Gasteiger partial charge in [0.25, 0.3) is 0 Å². The Morgan fingerprint density at radius 2 is 1.75 bits per heavy atom. The van der Waals surface area contributed by atoms with Gasteiger partial charge in [0.05, 0.1) is 19.6 Å². The molecule has 3 nitrogen and oxygen atoms in total. The fraction of sp³-hybridized carbons (Fsp3) is 0.364. The average molecular weight is 228 g/mol. The van der Waals surface area contributed by atoms with Gasteiger partial charge in [0.1, 0.15) is 11.6 Å². The van der Waals surface area contributed by atoms with Crippen molar-refractivity contribution < 1.29 is 23.0 Å². The number of Topliss-reactive ketones (excluding diaryl/α,β-unsaturated/α-hetero) is 1. The van der Waals surface area contributed by atoms with Gasteiger partial charge in [0.2, 0.25) is 0 Å². The van der Waals surface area contributed by atoms with Crippen LogP contribution in [-0.4, -0.2) is 25.3 Å². The summed E-state index contributed by atoms with van der Waals surface area (Å²) < 4.78 is 35.8. The lowest BCUT2D eigenvalue weighted by Gasteiger charge is -2.07. The van der Waals surface area contributed by atoms with Crippen molar-refractivity contribution in [1.29, 1.82) is 0 Å². The highest BCUT2D eigenvalue weighted by Gasteiger charge is 2.21. The van der Waals surface area contributed by atoms with E-state index < -0.39 is 23.7 Å². The Morgan fingerprint density at radius 3 is 2.31 bits per heavy atom. The SMILES string of the molecule is O=C(CC1OCCO1)c1cc(F)cc(F)c1. The van der Waals surface area contributed by atoms with E-state index in [9.17, 15) is 13.6 Å². The van der Waals surface area contributed by atoms with Crippen LogP contribution in [0.4, 0.5) is 8.78 Å². The van der Waals surface area contributed by atoms with E-state index in [-0.39, 0.29) is 12.0 Å². The Hall–Kier alpha value is -1.33. The van der Waals surface area contributed by atoms with Crippen molar-refractivity contribution in [1.82, 2.24) is 0 Å². The smallest absolute Gasteiger partial charge is 0.168 e. The quantitative estimate of drug-likeness (QED) is 0.741. The summed E-state index contributed by atoms with van der Waals surface area (Å²) >= 11 is 0. The maximum Gasteiger partial charge on any atom is 0.168 e. The number of carbonyl (C=O) groups is 1. The standard InChI is InChI=1S/C11H10F2O3/c12-8-3-7(4-9(13)5-8)10(14)6-11-15-1-2-16-11/h3-5,11H,1-2,6H2. The van der Waals surface area contributed by atoms with Gasteiger partial charge >= 0.3 is 0 Å². The van der Waals surface area contributed by atoms with Crippen LogP contribution in [0.25, 0.3) is 0 Å². The minimum absolute atomic E-state index is 0.00315. The third-order valence-corrected chi connectivity index (χ3v) is 2.23. The number of halogens is 2. The number of benzene rings is 1. The molecule has 0 aromatic heterocycles. The Morgan fingerprint density at radius 1 is 1.19 bits per heavy atom. The van der Waals surface area contributed by atoms with Gasteiger partial charge in [-0.3, -0.25) is 4.79 Å². The summed E-state index contributed by atoms with van der Waals surface area (Å²) in [5.74, 6) is -1.93. The molecule has 5 heteroatoms. The van der Waals surface area contributed by atoms with Crippen LogP contribution in [0.1, 0.15) is 16.8 Å². The average Bonchev–Trinajstić information content (AvgIpc) is 2.68. The van der Waals surface area contributed by atoms with Crippen LogP contribution in [0.5, 0.6) is 0 Å². The lowest BCUT2D eigenvalue weighted by atomic mass is 10.1. The minimum atomic E-state index is -0.767. The molecule has 1 aliphatic heterocycles. The predicted molar refractivity (Wildman–Crippen MR) is 51.0 cm³/mol. The molecule has 1 heterocycles. The molecular formula is C11H10F2O3. The molecular weight excluding hydrogens is 218 g/mol. The zero-order chi connectivity index (χ0) is 11.5. The molecule has 0 aliphatic carbocycles. The molecule has 0 amide bonds. The molecule has 1 aromatic carbocycles. The lowest BCUT2D eigenvalue weighted by Crippen LogP contribution is -2.14. The summed E-state index contributed by atoms with van der Waals surface area (Å²) in [6, 6.07) is 2.72. The van der Waals surface area contributed by atoms with E-state index in [0.717, 1.165) is 18.2 Å². The van der Waals surface area contributed by atoms with E-state index in [0.29, 0.717) is 13.2 Å². The molecule has 0 unspecified atom stereocenters. The van der Waals surface area contributed by atoms with Gasteiger partial charge in [0.15, 0.2) is 12.1 Å². The zero-order valence-electron chi connectivity index (χ0n) is 8.41. The predicted octanol–water partition coefficient (Wildman–Crippen LogP) is 1.91. The molecule has 16 heavy (non-hydrogen) atoms. The number of carbonyl (C=O) groups excluding carboxylic acids is 1. The van der Waals surface area contributed by atoms with Crippen LogP contribution < -0.4 is 0 Å². The van der Waals surface area contributed by atoms with Gasteiger partial charge in [-0.2, -0.15) is 0 Å². The van der Waals surface area contributed by atoms with Crippen LogP contribution >= 0.6 is 0 Å². The first-order valence-corrected chi connectivity index (χ1v) is 4.87. The van der Waals surface area contributed by atoms with Crippen LogP contribution in [-0.2, 0) is 9.47 Å². The van der Waals surface area contributed by atoms with Crippen molar-refractivity contribution in [2.75, 3.05) is 13.2 Å². The molecule has 1 fully saturated rings. The lowest BCUT2D eigenvalue weighted by molar-refractivity contribution is -0.0407. The van der Waals surface area contributed by atoms with E-state index in [2.05, 4.69) is 0 Å². The van der Waals surface area contributed by atoms with Crippen LogP contribution in [0.3, 0.4) is 0 Å². The van der Waals surface area contributed by atoms with Gasteiger partial charge in [-0.1, -0.05) is 0 Å². The number of ketones is 1. The largest absolute Gasteiger partial charge is 0.350 e. The third kappa shape index (κ3) is 2.62. The van der Waals surface area contributed by atoms with E-state index in [1.165, 1.54) is 0 Å². The maximum atomic E-state index is 12.8. The molecule has 2 rings (SSSR count). The summed E-state index contributed by atoms with van der Waals surface area (Å²) in [6.45, 7) is 0.880. The highest BCUT2D eigenvalue weighted by Crippen LogP contribution is 2.14. The highest BCUT2D eigenvalue weighted by atomic mass is 19.1. The van der Waals surface area contributed by atoms with E-state index in [4.69, 9.17) is 9.47 Å². The third-order valence-electron chi connectivity index (χ3n) is 2.23. The number of hydrogen-bond acceptors (Lipinski definition) is 3. The molecule has 0 saturated carbocycles. The molecule has 0 atom stereocenters. The van der Waals surface area contributed by atoms with Crippen molar-refractivity contribution in [2.24, 2.45) is 0 Å². The Bertz CT molecular complexity index is 380. The molecule has 1 saturated heterocycles. The summed E-state index contributed by atoms with van der Waals surface area (Å²) in [7, 11) is 0. The zero-order valence-corrected chi connectivity index (χ0v) is 8.41. The first-order valence-electron chi connectivity index (χ1n) is 4.87. The minimum Gasteiger partial charge on any atom is -0.350 e. The van der Waals surface area contributed by atoms with Gasteiger partial charge in [-0.05, 0) is 12.1 Å². The molecule has 0 spiro atoms. The van der Waals surface area contributed by atoms with E-state index >= 15 is 0 Å². The van der Waals surface area contributed by atoms with Crippen molar-refractivity contribution in [3.05, 3.63) is 35.4 Å². The summed E-state index contributed by atoms with van der Waals surface area (Å²) in [5, 5.41) is 0. The summed E-state index contributed by atoms with van der Waals surface area (Å²) in [6.07, 6.45) is -0.623. The molecule has 0 bridgehead atoms. The Labute approximate surface area is 91.0 Å². The van der Waals surface area contributed by atoms with Crippen LogP contribution in [0.2, 0.25) is 0 Å². The molecule has 1 aromatic rings. The second-order valence-corrected chi connectivity index (χ2v) is 3.46. The van der Waals surface area contributed by atoms with Gasteiger partial charge in [-0.15, -0.1) is 0 Å². The second kappa shape index (κ2) is 4.67. The second-order valence-electron chi connectivity index (χ2n) is 3.46. The van der Waals surface area contributed by atoms with Crippen molar-refractivity contribution in [2.45, 2.75) is 12.7 Å². The number of rotatable bonds is 3. The topological polar surface area (TPSA) is 35.5 Å². The van der Waals surface area contributed by atoms with Crippen molar-refractivity contribution >= 4 is 5.78 Å². The van der Waals surface area contributed by atoms with Crippen LogP contribution in [0.15, 0.2) is 18.2 Å². The Kier molecular flexibility index (Phi) is 3.26. The van der Waals surface area contributed by atoms with Gasteiger partial charge in [0, 0.05) is 11.6 Å². The summed E-state index contributed by atoms with van der Waals surface area (Å²) in [5.41, 5.74) is -0.00315. The fourth-order valence-corrected chi connectivity index (χ4v) is 1.51. The molecule has 1 aliphatic rings. The maximum absolute atomic E-state index is 12.8. The van der Waals surface area contributed by atoms with Crippen molar-refractivity contribution in [3.63, 3.8) is 0 Å². The molecule has 86 valence electrons. The first-order chi connectivity index (χ1) is 7.65. The van der Waals surface area contributed by atoms with Crippen LogP contribution in [0, 0.1) is 11.6 Å².